The third kappa shape index (κ3) is 2.50. The van der Waals surface area contributed by atoms with Gasteiger partial charge < -0.3 is 4.90 Å². The standard InChI is InChI=1S/C12H15NO2S/c1-9-7-13(4-2-11(9)14)12(15)6-10-3-5-16-8-10/h3,5,8-9H,2,4,6-7H2,1H3. The summed E-state index contributed by atoms with van der Waals surface area (Å²) in [5.41, 5.74) is 1.07. The highest BCUT2D eigenvalue weighted by Crippen LogP contribution is 2.14. The highest BCUT2D eigenvalue weighted by atomic mass is 32.1. The Morgan fingerprint density at radius 2 is 2.44 bits per heavy atom. The highest BCUT2D eigenvalue weighted by Gasteiger charge is 2.26. The summed E-state index contributed by atoms with van der Waals surface area (Å²) in [4.78, 5) is 25.1. The van der Waals surface area contributed by atoms with E-state index in [2.05, 4.69) is 0 Å². The van der Waals surface area contributed by atoms with Gasteiger partial charge in [-0.25, -0.2) is 0 Å². The number of carbonyl (C=O) groups is 2. The fraction of sp³-hybridized carbons (Fsp3) is 0.500. The number of amides is 1. The lowest BCUT2D eigenvalue weighted by atomic mass is 9.98. The molecule has 0 radical (unpaired) electrons. The van der Waals surface area contributed by atoms with Gasteiger partial charge >= 0.3 is 0 Å². The van der Waals surface area contributed by atoms with Gasteiger partial charge in [0.15, 0.2) is 0 Å². The number of piperidine rings is 1. The van der Waals surface area contributed by atoms with Crippen molar-refractivity contribution in [2.75, 3.05) is 13.1 Å². The van der Waals surface area contributed by atoms with Crippen molar-refractivity contribution in [1.82, 2.24) is 4.90 Å². The third-order valence-electron chi connectivity index (χ3n) is 2.96. The zero-order valence-corrected chi connectivity index (χ0v) is 10.1. The fourth-order valence-corrected chi connectivity index (χ4v) is 2.59. The Labute approximate surface area is 99.1 Å². The van der Waals surface area contributed by atoms with Crippen molar-refractivity contribution in [2.24, 2.45) is 5.92 Å². The van der Waals surface area contributed by atoms with Crippen LogP contribution >= 0.6 is 11.3 Å². The van der Waals surface area contributed by atoms with Gasteiger partial charge in [-0.2, -0.15) is 11.3 Å². The predicted octanol–water partition coefficient (Wildman–Crippen LogP) is 1.73. The smallest absolute Gasteiger partial charge is 0.227 e. The average molecular weight is 237 g/mol. The fourth-order valence-electron chi connectivity index (χ4n) is 1.92. The van der Waals surface area contributed by atoms with E-state index in [1.54, 1.807) is 11.3 Å². The lowest BCUT2D eigenvalue weighted by molar-refractivity contribution is -0.136. The maximum Gasteiger partial charge on any atom is 0.227 e. The van der Waals surface area contributed by atoms with Gasteiger partial charge in [0.2, 0.25) is 5.91 Å². The zero-order chi connectivity index (χ0) is 11.5. The minimum atomic E-state index is 0.000162. The Hall–Kier alpha value is -1.16. The number of rotatable bonds is 2. The molecule has 1 fully saturated rings. The molecule has 4 heteroatoms. The molecule has 2 rings (SSSR count). The van der Waals surface area contributed by atoms with E-state index in [0.29, 0.717) is 25.9 Å². The molecule has 1 aromatic rings. The lowest BCUT2D eigenvalue weighted by Gasteiger charge is -2.30. The Morgan fingerprint density at radius 3 is 3.06 bits per heavy atom. The Bertz CT molecular complexity index is 386. The van der Waals surface area contributed by atoms with Crippen LogP contribution in [0.25, 0.3) is 0 Å². The number of ketones is 1. The van der Waals surface area contributed by atoms with Gasteiger partial charge in [-0.15, -0.1) is 0 Å². The van der Waals surface area contributed by atoms with Gasteiger partial charge in [-0.3, -0.25) is 9.59 Å². The van der Waals surface area contributed by atoms with Crippen molar-refractivity contribution in [1.29, 1.82) is 0 Å². The molecule has 0 bridgehead atoms. The Morgan fingerprint density at radius 1 is 1.62 bits per heavy atom. The minimum Gasteiger partial charge on any atom is -0.341 e. The lowest BCUT2D eigenvalue weighted by Crippen LogP contribution is -2.43. The van der Waals surface area contributed by atoms with Gasteiger partial charge in [0, 0.05) is 25.4 Å². The first kappa shape index (κ1) is 11.3. The molecule has 0 saturated carbocycles. The molecular formula is C12H15NO2S. The number of hydrogen-bond acceptors (Lipinski definition) is 3. The maximum atomic E-state index is 11.9. The molecule has 16 heavy (non-hydrogen) atoms. The van der Waals surface area contributed by atoms with E-state index >= 15 is 0 Å². The van der Waals surface area contributed by atoms with Gasteiger partial charge in [0.05, 0.1) is 6.42 Å². The monoisotopic (exact) mass is 237 g/mol. The van der Waals surface area contributed by atoms with Crippen molar-refractivity contribution in [2.45, 2.75) is 19.8 Å². The number of thiophene rings is 1. The summed E-state index contributed by atoms with van der Waals surface area (Å²) in [6.45, 7) is 3.07. The van der Waals surface area contributed by atoms with Crippen molar-refractivity contribution in [3.8, 4) is 0 Å². The molecule has 1 atom stereocenters. The second-order valence-corrected chi connectivity index (χ2v) is 5.05. The van der Waals surface area contributed by atoms with Crippen LogP contribution in [0.5, 0.6) is 0 Å². The van der Waals surface area contributed by atoms with E-state index in [9.17, 15) is 9.59 Å². The highest BCUT2D eigenvalue weighted by molar-refractivity contribution is 7.07. The van der Waals surface area contributed by atoms with Crippen LogP contribution in [0.3, 0.4) is 0 Å². The molecule has 1 saturated heterocycles. The van der Waals surface area contributed by atoms with Crippen molar-refractivity contribution >= 4 is 23.0 Å². The van der Waals surface area contributed by atoms with Crippen LogP contribution in [0.4, 0.5) is 0 Å². The van der Waals surface area contributed by atoms with Gasteiger partial charge in [0.25, 0.3) is 0 Å². The quantitative estimate of drug-likeness (QED) is 0.785. The summed E-state index contributed by atoms with van der Waals surface area (Å²) in [5, 5.41) is 3.97. The van der Waals surface area contributed by atoms with E-state index in [4.69, 9.17) is 0 Å². The number of hydrogen-bond donors (Lipinski definition) is 0. The number of carbonyl (C=O) groups excluding carboxylic acids is 2. The molecule has 1 aromatic heterocycles. The molecule has 0 N–H and O–H groups in total. The second-order valence-electron chi connectivity index (χ2n) is 4.27. The summed E-state index contributed by atoms with van der Waals surface area (Å²) in [6, 6.07) is 1.97. The summed E-state index contributed by atoms with van der Waals surface area (Å²) in [7, 11) is 0. The topological polar surface area (TPSA) is 37.4 Å². The maximum absolute atomic E-state index is 11.9. The van der Waals surface area contributed by atoms with E-state index in [1.807, 2.05) is 28.7 Å². The van der Waals surface area contributed by atoms with E-state index < -0.39 is 0 Å². The van der Waals surface area contributed by atoms with Gasteiger partial charge in [0.1, 0.15) is 5.78 Å². The molecule has 1 amide bonds. The Balaban J connectivity index is 1.93. The van der Waals surface area contributed by atoms with E-state index in [-0.39, 0.29) is 17.6 Å². The van der Waals surface area contributed by atoms with Crippen LogP contribution in [-0.2, 0) is 16.0 Å². The molecule has 3 nitrogen and oxygen atoms in total. The van der Waals surface area contributed by atoms with Gasteiger partial charge in [-0.05, 0) is 22.4 Å². The summed E-state index contributed by atoms with van der Waals surface area (Å²) in [5.74, 6) is 0.414. The van der Waals surface area contributed by atoms with Crippen molar-refractivity contribution < 1.29 is 9.59 Å². The molecule has 0 spiro atoms. The molecule has 0 aromatic carbocycles. The molecule has 1 unspecified atom stereocenters. The average Bonchev–Trinajstić information content (AvgIpc) is 2.74. The molecule has 1 aliphatic rings. The normalized spacial score (nSPS) is 21.2. The minimum absolute atomic E-state index is 0.000162. The first-order chi connectivity index (χ1) is 7.66. The van der Waals surface area contributed by atoms with Crippen LogP contribution in [0.2, 0.25) is 0 Å². The summed E-state index contributed by atoms with van der Waals surface area (Å²) < 4.78 is 0. The molecule has 1 aliphatic heterocycles. The summed E-state index contributed by atoms with van der Waals surface area (Å²) >= 11 is 1.60. The number of Topliss-reactive ketones (excluding diaryl/α,β-unsaturated/α-hetero) is 1. The number of nitrogens with zero attached hydrogens (tertiary/aromatic N) is 1. The molecule has 2 heterocycles. The van der Waals surface area contributed by atoms with Crippen LogP contribution in [0.1, 0.15) is 18.9 Å². The van der Waals surface area contributed by atoms with E-state index in [0.717, 1.165) is 5.56 Å². The number of likely N-dealkylation sites (tertiary alicyclic amines) is 1. The second kappa shape index (κ2) is 4.78. The van der Waals surface area contributed by atoms with Crippen LogP contribution < -0.4 is 0 Å². The Kier molecular flexibility index (Phi) is 3.39. The van der Waals surface area contributed by atoms with Gasteiger partial charge in [-0.1, -0.05) is 6.92 Å². The molecular weight excluding hydrogens is 222 g/mol. The zero-order valence-electron chi connectivity index (χ0n) is 9.31. The van der Waals surface area contributed by atoms with Crippen LogP contribution in [0, 0.1) is 5.92 Å². The largest absolute Gasteiger partial charge is 0.341 e. The summed E-state index contributed by atoms with van der Waals surface area (Å²) in [6.07, 6.45) is 0.973. The van der Waals surface area contributed by atoms with Crippen LogP contribution in [-0.4, -0.2) is 29.7 Å². The SMILES string of the molecule is CC1CN(C(=O)Cc2ccsc2)CCC1=O. The van der Waals surface area contributed by atoms with Crippen molar-refractivity contribution in [3.05, 3.63) is 22.4 Å². The van der Waals surface area contributed by atoms with Crippen LogP contribution in [0.15, 0.2) is 16.8 Å². The van der Waals surface area contributed by atoms with E-state index in [1.165, 1.54) is 0 Å². The third-order valence-corrected chi connectivity index (χ3v) is 3.69. The molecule has 0 aliphatic carbocycles. The first-order valence-electron chi connectivity index (χ1n) is 5.48. The predicted molar refractivity (Wildman–Crippen MR) is 63.4 cm³/mol. The van der Waals surface area contributed by atoms with Crippen molar-refractivity contribution in [3.63, 3.8) is 0 Å². The molecule has 86 valence electrons. The first-order valence-corrected chi connectivity index (χ1v) is 6.42.